The van der Waals surface area contributed by atoms with Crippen molar-refractivity contribution in [3.05, 3.63) is 40.5 Å². The van der Waals surface area contributed by atoms with Crippen LogP contribution in [0.3, 0.4) is 0 Å². The maximum absolute atomic E-state index is 11.8. The van der Waals surface area contributed by atoms with Crippen LogP contribution < -0.4 is 4.74 Å². The van der Waals surface area contributed by atoms with Crippen molar-refractivity contribution in [2.45, 2.75) is 59.5 Å². The third-order valence-corrected chi connectivity index (χ3v) is 5.16. The number of allylic oxidation sites excluding steroid dienone is 1. The first kappa shape index (κ1) is 17.6. The Kier molecular flexibility index (Phi) is 5.51. The summed E-state index contributed by atoms with van der Waals surface area (Å²) < 4.78 is 11.1. The Hall–Kier alpha value is -1.77. The molecular formula is C20H28O3. The van der Waals surface area contributed by atoms with Crippen molar-refractivity contribution in [2.24, 2.45) is 5.92 Å². The highest BCUT2D eigenvalue weighted by molar-refractivity contribution is 5.73. The fraction of sp³-hybridized carbons (Fsp3) is 0.550. The second-order valence-corrected chi connectivity index (χ2v) is 6.80. The number of hydrogen-bond donors (Lipinski definition) is 0. The Labute approximate surface area is 139 Å². The summed E-state index contributed by atoms with van der Waals surface area (Å²) in [6, 6.07) is 6.35. The minimum absolute atomic E-state index is 0.0984. The molecule has 1 heterocycles. The first-order valence-corrected chi connectivity index (χ1v) is 8.36. The topological polar surface area (TPSA) is 35.5 Å². The molecule has 2 rings (SSSR count). The van der Waals surface area contributed by atoms with Crippen LogP contribution in [0.25, 0.3) is 0 Å². The van der Waals surface area contributed by atoms with Gasteiger partial charge in [-0.3, -0.25) is 4.79 Å². The number of rotatable bonds is 4. The van der Waals surface area contributed by atoms with Crippen LogP contribution in [0, 0.1) is 5.92 Å². The predicted octanol–water partition coefficient (Wildman–Crippen LogP) is 4.65. The zero-order valence-corrected chi connectivity index (χ0v) is 15.1. The minimum Gasteiger partial charge on any atom is -0.486 e. The van der Waals surface area contributed by atoms with E-state index < -0.39 is 0 Å². The molecule has 0 radical (unpaired) electrons. The number of fused-ring (bicyclic) bond motifs is 1. The monoisotopic (exact) mass is 316 g/mol. The number of ether oxygens (including phenoxy) is 2. The molecule has 3 nitrogen and oxygen atoms in total. The molecule has 23 heavy (non-hydrogen) atoms. The molecule has 0 N–H and O–H groups in total. The van der Waals surface area contributed by atoms with Gasteiger partial charge >= 0.3 is 5.97 Å². The van der Waals surface area contributed by atoms with Crippen LogP contribution in [-0.4, -0.2) is 19.2 Å². The van der Waals surface area contributed by atoms with E-state index in [0.29, 0.717) is 0 Å². The van der Waals surface area contributed by atoms with E-state index in [2.05, 4.69) is 45.9 Å². The predicted molar refractivity (Wildman–Crippen MR) is 92.8 cm³/mol. The molecule has 0 bridgehead atoms. The van der Waals surface area contributed by atoms with Gasteiger partial charge in [0.2, 0.25) is 0 Å². The van der Waals surface area contributed by atoms with Gasteiger partial charge in [0.15, 0.2) is 0 Å². The summed E-state index contributed by atoms with van der Waals surface area (Å²) in [4.78, 5) is 11.8. The van der Waals surface area contributed by atoms with Gasteiger partial charge in [-0.05, 0) is 62.3 Å². The standard InChI is InChI=1S/C20H28O3/c1-12(2)13(3)18-10-9-16-7-8-17(11-19(16)23-18)14(4)15(5)20(21)22-6/h7-8,11,14-15,18H,9-10H2,1-6H3. The van der Waals surface area contributed by atoms with Crippen LogP contribution in [0.2, 0.25) is 0 Å². The lowest BCUT2D eigenvalue weighted by atomic mass is 9.87. The van der Waals surface area contributed by atoms with Gasteiger partial charge in [0.25, 0.3) is 0 Å². The van der Waals surface area contributed by atoms with Gasteiger partial charge in [0.1, 0.15) is 11.9 Å². The summed E-state index contributed by atoms with van der Waals surface area (Å²) in [7, 11) is 1.44. The van der Waals surface area contributed by atoms with Gasteiger partial charge in [-0.2, -0.15) is 0 Å². The van der Waals surface area contributed by atoms with Gasteiger partial charge in [-0.15, -0.1) is 0 Å². The zero-order valence-electron chi connectivity index (χ0n) is 15.1. The molecule has 1 aromatic carbocycles. The van der Waals surface area contributed by atoms with Crippen molar-refractivity contribution >= 4 is 5.97 Å². The Morgan fingerprint density at radius 2 is 1.96 bits per heavy atom. The molecule has 0 fully saturated rings. The summed E-state index contributed by atoms with van der Waals surface area (Å²) in [6.45, 7) is 10.4. The van der Waals surface area contributed by atoms with Crippen molar-refractivity contribution in [3.8, 4) is 5.75 Å². The molecule has 0 saturated heterocycles. The lowest BCUT2D eigenvalue weighted by Crippen LogP contribution is -2.25. The molecule has 3 heteroatoms. The Bertz CT molecular complexity index is 611. The second-order valence-electron chi connectivity index (χ2n) is 6.80. The smallest absolute Gasteiger partial charge is 0.308 e. The van der Waals surface area contributed by atoms with E-state index in [1.807, 2.05) is 6.92 Å². The third kappa shape index (κ3) is 3.77. The molecule has 3 unspecified atom stereocenters. The van der Waals surface area contributed by atoms with E-state index in [1.54, 1.807) is 0 Å². The maximum atomic E-state index is 11.8. The number of aryl methyl sites for hydroxylation is 1. The summed E-state index contributed by atoms with van der Waals surface area (Å²) in [5, 5.41) is 0. The van der Waals surface area contributed by atoms with E-state index in [0.717, 1.165) is 24.2 Å². The van der Waals surface area contributed by atoms with E-state index in [9.17, 15) is 4.79 Å². The molecule has 3 atom stereocenters. The number of carbonyl (C=O) groups is 1. The fourth-order valence-electron chi connectivity index (χ4n) is 2.97. The fourth-order valence-corrected chi connectivity index (χ4v) is 2.97. The number of carbonyl (C=O) groups excluding carboxylic acids is 1. The van der Waals surface area contributed by atoms with E-state index in [-0.39, 0.29) is 23.9 Å². The number of esters is 1. The molecule has 0 saturated carbocycles. The van der Waals surface area contributed by atoms with Crippen LogP contribution >= 0.6 is 0 Å². The summed E-state index contributed by atoms with van der Waals surface area (Å²) in [6.07, 6.45) is 2.22. The van der Waals surface area contributed by atoms with Crippen molar-refractivity contribution in [1.29, 1.82) is 0 Å². The molecule has 0 aliphatic carbocycles. The van der Waals surface area contributed by atoms with E-state index in [4.69, 9.17) is 9.47 Å². The Morgan fingerprint density at radius 1 is 1.26 bits per heavy atom. The van der Waals surface area contributed by atoms with Gasteiger partial charge in [-0.25, -0.2) is 0 Å². The van der Waals surface area contributed by atoms with E-state index in [1.165, 1.54) is 23.8 Å². The van der Waals surface area contributed by atoms with Crippen molar-refractivity contribution in [1.82, 2.24) is 0 Å². The molecule has 126 valence electrons. The molecule has 0 aromatic heterocycles. The van der Waals surface area contributed by atoms with Gasteiger partial charge in [-0.1, -0.05) is 31.6 Å². The highest BCUT2D eigenvalue weighted by atomic mass is 16.5. The normalized spacial score (nSPS) is 19.1. The van der Waals surface area contributed by atoms with Crippen molar-refractivity contribution < 1.29 is 14.3 Å². The van der Waals surface area contributed by atoms with Crippen LogP contribution in [0.4, 0.5) is 0 Å². The van der Waals surface area contributed by atoms with Gasteiger partial charge in [0.05, 0.1) is 13.0 Å². The average molecular weight is 316 g/mol. The van der Waals surface area contributed by atoms with Crippen LogP contribution in [0.5, 0.6) is 5.75 Å². The third-order valence-electron chi connectivity index (χ3n) is 5.16. The quantitative estimate of drug-likeness (QED) is 0.599. The number of hydrogen-bond acceptors (Lipinski definition) is 3. The Balaban J connectivity index is 2.24. The molecule has 1 aliphatic heterocycles. The number of methoxy groups -OCH3 is 1. The number of benzene rings is 1. The average Bonchev–Trinajstić information content (AvgIpc) is 2.57. The summed E-state index contributed by atoms with van der Waals surface area (Å²) >= 11 is 0. The first-order chi connectivity index (χ1) is 10.8. The lowest BCUT2D eigenvalue weighted by molar-refractivity contribution is -0.145. The second kappa shape index (κ2) is 7.20. The lowest BCUT2D eigenvalue weighted by Gasteiger charge is -2.29. The largest absolute Gasteiger partial charge is 0.486 e. The molecular weight excluding hydrogens is 288 g/mol. The first-order valence-electron chi connectivity index (χ1n) is 8.36. The molecule has 0 spiro atoms. The van der Waals surface area contributed by atoms with Crippen LogP contribution in [0.1, 0.15) is 58.1 Å². The summed E-state index contributed by atoms with van der Waals surface area (Å²) in [5.74, 6) is 0.718. The van der Waals surface area contributed by atoms with Crippen molar-refractivity contribution in [2.75, 3.05) is 7.11 Å². The van der Waals surface area contributed by atoms with Crippen LogP contribution in [-0.2, 0) is 16.0 Å². The molecule has 1 aromatic rings. The van der Waals surface area contributed by atoms with Crippen molar-refractivity contribution in [3.63, 3.8) is 0 Å². The maximum Gasteiger partial charge on any atom is 0.308 e. The van der Waals surface area contributed by atoms with Gasteiger partial charge in [0, 0.05) is 0 Å². The van der Waals surface area contributed by atoms with E-state index >= 15 is 0 Å². The minimum atomic E-state index is -0.172. The Morgan fingerprint density at radius 3 is 2.57 bits per heavy atom. The highest BCUT2D eigenvalue weighted by Crippen LogP contribution is 2.35. The van der Waals surface area contributed by atoms with Crippen LogP contribution in [0.15, 0.2) is 29.3 Å². The SMILES string of the molecule is COC(=O)C(C)C(C)c1ccc2c(c1)OC(C(C)=C(C)C)CC2. The van der Waals surface area contributed by atoms with Gasteiger partial charge < -0.3 is 9.47 Å². The molecule has 0 amide bonds. The zero-order chi connectivity index (χ0) is 17.1. The summed E-state index contributed by atoms with van der Waals surface area (Å²) in [5.41, 5.74) is 5.01. The highest BCUT2D eigenvalue weighted by Gasteiger charge is 2.26. The molecule has 1 aliphatic rings.